The Labute approximate surface area is 165 Å². The first-order valence-corrected chi connectivity index (χ1v) is 10.4. The number of carbonyl (C=O) groups is 1. The van der Waals surface area contributed by atoms with Crippen LogP contribution in [0.4, 0.5) is 0 Å². The lowest BCUT2D eigenvalue weighted by molar-refractivity contribution is 0.0697. The van der Waals surface area contributed by atoms with Crippen molar-refractivity contribution >= 4 is 15.9 Å². The van der Waals surface area contributed by atoms with Gasteiger partial charge in [-0.1, -0.05) is 6.07 Å². The average molecular weight is 404 g/mol. The Morgan fingerprint density at radius 2 is 1.68 bits per heavy atom. The Morgan fingerprint density at radius 1 is 1.04 bits per heavy atom. The smallest absolute Gasteiger partial charge is 0.254 e. The van der Waals surface area contributed by atoms with E-state index in [1.165, 1.54) is 23.5 Å². The monoisotopic (exact) mass is 404 g/mol. The molecule has 0 saturated carbocycles. The molecule has 2 aromatic rings. The molecule has 1 amide bonds. The lowest BCUT2D eigenvalue weighted by Gasteiger charge is -2.34. The summed E-state index contributed by atoms with van der Waals surface area (Å²) in [6, 6.07) is 9.50. The molecule has 0 aromatic heterocycles. The SMILES string of the molecule is COc1cc(C)c(C)cc1S(=O)(=O)N1CCN(C(=O)c2cccc(O)c2)CC1. The van der Waals surface area contributed by atoms with E-state index in [2.05, 4.69) is 0 Å². The largest absolute Gasteiger partial charge is 0.508 e. The van der Waals surface area contributed by atoms with Crippen LogP contribution in [0.15, 0.2) is 41.3 Å². The van der Waals surface area contributed by atoms with Gasteiger partial charge in [-0.25, -0.2) is 8.42 Å². The molecule has 0 spiro atoms. The molecular formula is C20H24N2O5S. The number of phenolic OH excluding ortho intramolecular Hbond substituents is 1. The van der Waals surface area contributed by atoms with Gasteiger partial charge in [-0.3, -0.25) is 4.79 Å². The molecule has 8 heteroatoms. The fourth-order valence-electron chi connectivity index (χ4n) is 3.22. The number of aryl methyl sites for hydroxylation is 2. The second-order valence-electron chi connectivity index (χ2n) is 6.83. The molecule has 0 unspecified atom stereocenters. The second kappa shape index (κ2) is 7.81. The highest BCUT2D eigenvalue weighted by molar-refractivity contribution is 7.89. The number of sulfonamides is 1. The number of hydrogen-bond acceptors (Lipinski definition) is 5. The fourth-order valence-corrected chi connectivity index (χ4v) is 4.86. The predicted octanol–water partition coefficient (Wildman–Crippen LogP) is 2.16. The standard InChI is InChI=1S/C20H24N2O5S/c1-14-11-18(27-3)19(12-15(14)2)28(25,26)22-9-7-21(8-10-22)20(24)16-5-4-6-17(23)13-16/h4-6,11-13,23H,7-10H2,1-3H3. The van der Waals surface area contributed by atoms with E-state index in [9.17, 15) is 18.3 Å². The minimum atomic E-state index is -3.73. The maximum absolute atomic E-state index is 13.1. The van der Waals surface area contributed by atoms with Gasteiger partial charge in [0.1, 0.15) is 16.4 Å². The summed E-state index contributed by atoms with van der Waals surface area (Å²) in [5.74, 6) is 0.118. The Kier molecular flexibility index (Phi) is 5.62. The normalized spacial score (nSPS) is 15.5. The zero-order chi connectivity index (χ0) is 20.5. The number of benzene rings is 2. The number of rotatable bonds is 4. The van der Waals surface area contributed by atoms with Crippen LogP contribution in [0.5, 0.6) is 11.5 Å². The van der Waals surface area contributed by atoms with Gasteiger partial charge in [0.15, 0.2) is 0 Å². The van der Waals surface area contributed by atoms with Gasteiger partial charge in [-0.05, 0) is 55.3 Å². The molecule has 0 radical (unpaired) electrons. The summed E-state index contributed by atoms with van der Waals surface area (Å²) in [7, 11) is -2.28. The van der Waals surface area contributed by atoms with E-state index in [-0.39, 0.29) is 42.7 Å². The van der Waals surface area contributed by atoms with E-state index in [4.69, 9.17) is 4.74 Å². The van der Waals surface area contributed by atoms with Gasteiger partial charge in [0, 0.05) is 31.7 Å². The van der Waals surface area contributed by atoms with Crippen molar-refractivity contribution in [2.75, 3.05) is 33.3 Å². The molecule has 28 heavy (non-hydrogen) atoms. The van der Waals surface area contributed by atoms with Gasteiger partial charge in [-0.2, -0.15) is 4.31 Å². The number of nitrogens with zero attached hydrogens (tertiary/aromatic N) is 2. The predicted molar refractivity (Wildman–Crippen MR) is 105 cm³/mol. The summed E-state index contributed by atoms with van der Waals surface area (Å²) >= 11 is 0. The molecular weight excluding hydrogens is 380 g/mol. The first kappa shape index (κ1) is 20.2. The molecule has 0 aliphatic carbocycles. The van der Waals surface area contributed by atoms with Crippen LogP contribution in [0, 0.1) is 13.8 Å². The molecule has 2 aromatic carbocycles. The van der Waals surface area contributed by atoms with Crippen LogP contribution in [0.1, 0.15) is 21.5 Å². The molecule has 1 heterocycles. The van der Waals surface area contributed by atoms with E-state index in [0.29, 0.717) is 11.3 Å². The van der Waals surface area contributed by atoms with Crippen molar-refractivity contribution in [2.45, 2.75) is 18.7 Å². The van der Waals surface area contributed by atoms with Gasteiger partial charge in [-0.15, -0.1) is 0 Å². The topological polar surface area (TPSA) is 87.2 Å². The molecule has 1 fully saturated rings. The van der Waals surface area contributed by atoms with Crippen LogP contribution in [0.2, 0.25) is 0 Å². The quantitative estimate of drug-likeness (QED) is 0.844. The van der Waals surface area contributed by atoms with Gasteiger partial charge >= 0.3 is 0 Å². The summed E-state index contributed by atoms with van der Waals surface area (Å²) < 4.78 is 32.9. The first-order chi connectivity index (χ1) is 13.2. The van der Waals surface area contributed by atoms with Crippen LogP contribution in [0.25, 0.3) is 0 Å². The molecule has 3 rings (SSSR count). The van der Waals surface area contributed by atoms with Gasteiger partial charge in [0.05, 0.1) is 7.11 Å². The van der Waals surface area contributed by atoms with Gasteiger partial charge in [0.25, 0.3) is 5.91 Å². The average Bonchev–Trinajstić information content (AvgIpc) is 2.69. The summed E-state index contributed by atoms with van der Waals surface area (Å²) in [5, 5.41) is 9.56. The summed E-state index contributed by atoms with van der Waals surface area (Å²) in [6.45, 7) is 4.72. The Morgan fingerprint density at radius 3 is 2.29 bits per heavy atom. The molecule has 1 aliphatic heterocycles. The molecule has 1 aliphatic rings. The maximum atomic E-state index is 13.1. The van der Waals surface area contributed by atoms with Gasteiger partial charge < -0.3 is 14.7 Å². The zero-order valence-corrected chi connectivity index (χ0v) is 17.0. The number of amides is 1. The number of methoxy groups -OCH3 is 1. The Bertz CT molecular complexity index is 996. The summed E-state index contributed by atoms with van der Waals surface area (Å²) in [4.78, 5) is 14.3. The summed E-state index contributed by atoms with van der Waals surface area (Å²) in [5.41, 5.74) is 2.21. The Hall–Kier alpha value is -2.58. The number of aromatic hydroxyl groups is 1. The highest BCUT2D eigenvalue weighted by Gasteiger charge is 2.32. The molecule has 1 saturated heterocycles. The van der Waals surface area contributed by atoms with E-state index in [1.807, 2.05) is 13.8 Å². The number of carbonyl (C=O) groups excluding carboxylic acids is 1. The lowest BCUT2D eigenvalue weighted by atomic mass is 10.1. The van der Waals surface area contributed by atoms with Crippen LogP contribution in [-0.2, 0) is 10.0 Å². The number of phenols is 1. The van der Waals surface area contributed by atoms with Crippen molar-refractivity contribution < 1.29 is 23.1 Å². The minimum Gasteiger partial charge on any atom is -0.508 e. The number of hydrogen-bond donors (Lipinski definition) is 1. The van der Waals surface area contributed by atoms with Crippen molar-refractivity contribution in [1.29, 1.82) is 0 Å². The van der Waals surface area contributed by atoms with E-state index in [1.54, 1.807) is 29.2 Å². The third-order valence-electron chi connectivity index (χ3n) is 5.02. The minimum absolute atomic E-state index is 0.0221. The fraction of sp³-hybridized carbons (Fsp3) is 0.350. The van der Waals surface area contributed by atoms with Crippen LogP contribution in [-0.4, -0.2) is 61.9 Å². The third-order valence-corrected chi connectivity index (χ3v) is 6.94. The maximum Gasteiger partial charge on any atom is 0.254 e. The van der Waals surface area contributed by atoms with E-state index in [0.717, 1.165) is 11.1 Å². The third kappa shape index (κ3) is 3.83. The summed E-state index contributed by atoms with van der Waals surface area (Å²) in [6.07, 6.45) is 0. The van der Waals surface area contributed by atoms with Crippen LogP contribution >= 0.6 is 0 Å². The number of ether oxygens (including phenoxy) is 1. The second-order valence-corrected chi connectivity index (χ2v) is 8.74. The van der Waals surface area contributed by atoms with E-state index < -0.39 is 10.0 Å². The highest BCUT2D eigenvalue weighted by atomic mass is 32.2. The first-order valence-electron chi connectivity index (χ1n) is 8.97. The molecule has 7 nitrogen and oxygen atoms in total. The molecule has 0 bridgehead atoms. The van der Waals surface area contributed by atoms with Crippen LogP contribution < -0.4 is 4.74 Å². The number of piperazine rings is 1. The van der Waals surface area contributed by atoms with Gasteiger partial charge in [0.2, 0.25) is 10.0 Å². The molecule has 1 N–H and O–H groups in total. The van der Waals surface area contributed by atoms with Crippen molar-refractivity contribution in [3.63, 3.8) is 0 Å². The molecule has 0 atom stereocenters. The Balaban J connectivity index is 1.77. The molecule has 150 valence electrons. The zero-order valence-electron chi connectivity index (χ0n) is 16.2. The van der Waals surface area contributed by atoms with Crippen molar-refractivity contribution in [2.24, 2.45) is 0 Å². The highest BCUT2D eigenvalue weighted by Crippen LogP contribution is 2.30. The van der Waals surface area contributed by atoms with Crippen LogP contribution in [0.3, 0.4) is 0 Å². The van der Waals surface area contributed by atoms with E-state index >= 15 is 0 Å². The van der Waals surface area contributed by atoms with Crippen molar-refractivity contribution in [3.8, 4) is 11.5 Å². The van der Waals surface area contributed by atoms with Crippen molar-refractivity contribution in [1.82, 2.24) is 9.21 Å². The lowest BCUT2D eigenvalue weighted by Crippen LogP contribution is -2.50. The van der Waals surface area contributed by atoms with Crippen molar-refractivity contribution in [3.05, 3.63) is 53.1 Å².